The maximum atomic E-state index is 6.56. The number of benzene rings is 2. The zero-order chi connectivity index (χ0) is 31.7. The molecule has 0 aromatic heterocycles. The van der Waals surface area contributed by atoms with Crippen LogP contribution in [0.4, 0.5) is 0 Å². The minimum absolute atomic E-state index is 0.239. The van der Waals surface area contributed by atoms with Gasteiger partial charge < -0.3 is 4.74 Å². The van der Waals surface area contributed by atoms with Crippen LogP contribution in [0.5, 0.6) is 0 Å². The fourth-order valence-electron chi connectivity index (χ4n) is 12.2. The van der Waals surface area contributed by atoms with Gasteiger partial charge in [-0.1, -0.05) is 100 Å². The van der Waals surface area contributed by atoms with Gasteiger partial charge in [0.2, 0.25) is 0 Å². The lowest BCUT2D eigenvalue weighted by atomic mass is 9.57. The monoisotopic (exact) mass is 596 g/mol. The number of hydrogen-bond acceptors (Lipinski definition) is 1. The molecule has 4 fully saturated rings. The predicted octanol–water partition coefficient (Wildman–Crippen LogP) is 11.5. The van der Waals surface area contributed by atoms with Crippen LogP contribution in [0.15, 0.2) is 36.4 Å². The standard InChI is InChI=1S/C43H64O/c1-24-12-25(2)15-31(14-24)35-18-28(5)19-36-33(29(6)20-37(35)36)22-34-30(7)21-39-38(34)23-40(43(8,9)10)42(44-11)41(39)32-16-26(3)13-27(4)17-32/h12-17,28-30,33-42H,18-23H2,1-11H3. The summed E-state index contributed by atoms with van der Waals surface area (Å²) in [5, 5.41) is 0. The van der Waals surface area contributed by atoms with Crippen LogP contribution in [0.3, 0.4) is 0 Å². The summed E-state index contributed by atoms with van der Waals surface area (Å²) in [7, 11) is 2.01. The van der Waals surface area contributed by atoms with Gasteiger partial charge in [0.15, 0.2) is 0 Å². The smallest absolute Gasteiger partial charge is 0.0675 e. The first kappa shape index (κ1) is 32.3. The van der Waals surface area contributed by atoms with Gasteiger partial charge in [-0.25, -0.2) is 0 Å². The Hall–Kier alpha value is -1.60. The third kappa shape index (κ3) is 5.98. The van der Waals surface area contributed by atoms with E-state index in [9.17, 15) is 0 Å². The first-order chi connectivity index (χ1) is 20.7. The summed E-state index contributed by atoms with van der Waals surface area (Å²) >= 11 is 0. The Morgan fingerprint density at radius 3 is 1.64 bits per heavy atom. The molecule has 4 aliphatic rings. The van der Waals surface area contributed by atoms with E-state index in [-0.39, 0.29) is 5.41 Å². The van der Waals surface area contributed by atoms with Crippen LogP contribution in [0.1, 0.15) is 125 Å². The molecule has 1 nitrogen and oxygen atoms in total. The first-order valence-electron chi connectivity index (χ1n) is 18.4. The molecule has 0 amide bonds. The van der Waals surface area contributed by atoms with Gasteiger partial charge in [0.05, 0.1) is 6.10 Å². The Labute approximate surface area is 271 Å². The minimum atomic E-state index is 0.239. The number of ether oxygens (including phenoxy) is 1. The molecule has 0 saturated heterocycles. The summed E-state index contributed by atoms with van der Waals surface area (Å²) < 4.78 is 6.56. The van der Waals surface area contributed by atoms with E-state index in [1.807, 2.05) is 7.11 Å². The maximum Gasteiger partial charge on any atom is 0.0675 e. The quantitative estimate of drug-likeness (QED) is 0.334. The van der Waals surface area contributed by atoms with Crippen LogP contribution in [-0.2, 0) is 4.74 Å². The summed E-state index contributed by atoms with van der Waals surface area (Å²) in [6, 6.07) is 14.8. The molecule has 13 atom stereocenters. The molecule has 0 spiro atoms. The van der Waals surface area contributed by atoms with E-state index < -0.39 is 0 Å². The lowest BCUT2D eigenvalue weighted by Crippen LogP contribution is -2.47. The molecule has 2 aromatic rings. The second-order valence-electron chi connectivity index (χ2n) is 18.1. The fraction of sp³-hybridized carbons (Fsp3) is 0.721. The fourth-order valence-corrected chi connectivity index (χ4v) is 12.2. The van der Waals surface area contributed by atoms with Gasteiger partial charge in [-0.2, -0.15) is 0 Å². The zero-order valence-corrected chi connectivity index (χ0v) is 30.1. The molecule has 4 saturated carbocycles. The molecule has 0 radical (unpaired) electrons. The van der Waals surface area contributed by atoms with Crippen LogP contribution >= 0.6 is 0 Å². The average molecular weight is 597 g/mol. The van der Waals surface area contributed by atoms with Gasteiger partial charge in [-0.15, -0.1) is 0 Å². The number of methoxy groups -OCH3 is 1. The van der Waals surface area contributed by atoms with Gasteiger partial charge in [0.25, 0.3) is 0 Å². The number of hydrogen-bond donors (Lipinski definition) is 0. The summed E-state index contributed by atoms with van der Waals surface area (Å²) in [6.07, 6.45) is 8.77. The SMILES string of the molecule is COC1C(c2cc(C)cc(C)c2)C2CC(C)C(CC3C(C)CC4C(c5cc(C)cc(C)c5)CC(C)CC34)C2CC1C(C)(C)C. The number of rotatable bonds is 5. The topological polar surface area (TPSA) is 9.23 Å². The normalized spacial score (nSPS) is 40.6. The van der Waals surface area contributed by atoms with Crippen molar-refractivity contribution in [3.63, 3.8) is 0 Å². The van der Waals surface area contributed by atoms with E-state index in [0.29, 0.717) is 17.9 Å². The van der Waals surface area contributed by atoms with Crippen molar-refractivity contribution in [1.29, 1.82) is 0 Å². The molecule has 0 N–H and O–H groups in total. The van der Waals surface area contributed by atoms with Crippen molar-refractivity contribution in [1.82, 2.24) is 0 Å². The minimum Gasteiger partial charge on any atom is -0.381 e. The van der Waals surface area contributed by atoms with Crippen molar-refractivity contribution in [2.75, 3.05) is 7.11 Å². The molecule has 6 rings (SSSR count). The Morgan fingerprint density at radius 2 is 1.11 bits per heavy atom. The molecular weight excluding hydrogens is 532 g/mol. The second kappa shape index (κ2) is 12.2. The molecular formula is C43H64O. The molecule has 13 unspecified atom stereocenters. The highest BCUT2D eigenvalue weighted by atomic mass is 16.5. The Kier molecular flexibility index (Phi) is 8.97. The van der Waals surface area contributed by atoms with E-state index in [0.717, 1.165) is 59.2 Å². The van der Waals surface area contributed by atoms with E-state index >= 15 is 0 Å². The highest BCUT2D eigenvalue weighted by molar-refractivity contribution is 5.34. The number of aryl methyl sites for hydroxylation is 4. The van der Waals surface area contributed by atoms with Crippen molar-refractivity contribution >= 4 is 0 Å². The van der Waals surface area contributed by atoms with E-state index in [1.165, 1.54) is 60.8 Å². The van der Waals surface area contributed by atoms with E-state index in [2.05, 4.69) is 106 Å². The molecule has 0 bridgehead atoms. The van der Waals surface area contributed by atoms with Crippen molar-refractivity contribution in [2.24, 2.45) is 64.6 Å². The molecule has 4 aliphatic carbocycles. The van der Waals surface area contributed by atoms with Gasteiger partial charge in [0.1, 0.15) is 0 Å². The van der Waals surface area contributed by atoms with Crippen LogP contribution in [0, 0.1) is 92.3 Å². The first-order valence-corrected chi connectivity index (χ1v) is 18.4. The third-order valence-corrected chi connectivity index (χ3v) is 13.8. The van der Waals surface area contributed by atoms with Crippen LogP contribution in [0.2, 0.25) is 0 Å². The van der Waals surface area contributed by atoms with Crippen molar-refractivity contribution in [3.05, 3.63) is 69.8 Å². The molecule has 44 heavy (non-hydrogen) atoms. The summed E-state index contributed by atoms with van der Waals surface area (Å²) in [5.74, 6) is 9.38. The van der Waals surface area contributed by atoms with E-state index in [1.54, 1.807) is 11.1 Å². The summed E-state index contributed by atoms with van der Waals surface area (Å²) in [4.78, 5) is 0. The van der Waals surface area contributed by atoms with Crippen LogP contribution in [0.25, 0.3) is 0 Å². The zero-order valence-electron chi connectivity index (χ0n) is 30.1. The van der Waals surface area contributed by atoms with E-state index in [4.69, 9.17) is 4.74 Å². The van der Waals surface area contributed by atoms with Crippen molar-refractivity contribution in [2.45, 2.75) is 126 Å². The lowest BCUT2D eigenvalue weighted by molar-refractivity contribution is -0.0759. The van der Waals surface area contributed by atoms with Gasteiger partial charge >= 0.3 is 0 Å². The van der Waals surface area contributed by atoms with Crippen molar-refractivity contribution in [3.8, 4) is 0 Å². The molecule has 1 heteroatoms. The molecule has 0 heterocycles. The Morgan fingerprint density at radius 1 is 0.614 bits per heavy atom. The largest absolute Gasteiger partial charge is 0.381 e. The van der Waals surface area contributed by atoms with Gasteiger partial charge in [-0.3, -0.25) is 0 Å². The predicted molar refractivity (Wildman–Crippen MR) is 187 cm³/mol. The van der Waals surface area contributed by atoms with Crippen LogP contribution < -0.4 is 0 Å². The highest BCUT2D eigenvalue weighted by Crippen LogP contribution is 2.63. The maximum absolute atomic E-state index is 6.56. The molecule has 0 aliphatic heterocycles. The van der Waals surface area contributed by atoms with Crippen LogP contribution in [-0.4, -0.2) is 13.2 Å². The Bertz CT molecular complexity index is 1270. The van der Waals surface area contributed by atoms with Gasteiger partial charge in [0, 0.05) is 13.0 Å². The third-order valence-electron chi connectivity index (χ3n) is 13.8. The summed E-state index contributed by atoms with van der Waals surface area (Å²) in [5.41, 5.74) is 9.14. The number of fused-ring (bicyclic) bond motifs is 2. The Balaban J connectivity index is 1.31. The van der Waals surface area contributed by atoms with Gasteiger partial charge in [-0.05, 0) is 148 Å². The highest BCUT2D eigenvalue weighted by Gasteiger charge is 2.57. The average Bonchev–Trinajstić information content (AvgIpc) is 3.40. The lowest BCUT2D eigenvalue weighted by Gasteiger charge is -2.51. The molecule has 2 aromatic carbocycles. The van der Waals surface area contributed by atoms with Crippen molar-refractivity contribution < 1.29 is 4.74 Å². The summed E-state index contributed by atoms with van der Waals surface area (Å²) in [6.45, 7) is 24.5. The second-order valence-corrected chi connectivity index (χ2v) is 18.1. The molecule has 242 valence electrons.